The maximum absolute atomic E-state index is 5.66. The Bertz CT molecular complexity index is 218. The van der Waals surface area contributed by atoms with Gasteiger partial charge in [0.15, 0.2) is 0 Å². The molecule has 0 spiro atoms. The van der Waals surface area contributed by atoms with Crippen molar-refractivity contribution in [1.82, 2.24) is 5.43 Å². The van der Waals surface area contributed by atoms with Gasteiger partial charge in [-0.25, -0.2) is 0 Å². The molecule has 0 bridgehead atoms. The molecule has 1 saturated carbocycles. The van der Waals surface area contributed by atoms with E-state index in [-0.39, 0.29) is 12.1 Å². The van der Waals surface area contributed by atoms with Gasteiger partial charge >= 0.3 is 0 Å². The third-order valence-electron chi connectivity index (χ3n) is 3.45. The van der Waals surface area contributed by atoms with E-state index < -0.39 is 0 Å². The molecule has 3 heteroatoms. The molecule has 0 heterocycles. The first-order valence-corrected chi connectivity index (χ1v) is 6.33. The molecule has 3 N–H and O–H groups in total. The molecule has 2 unspecified atom stereocenters. The van der Waals surface area contributed by atoms with E-state index in [0.29, 0.717) is 5.92 Å². The normalized spacial score (nSPS) is 21.5. The van der Waals surface area contributed by atoms with E-state index in [1.54, 1.807) is 7.11 Å². The summed E-state index contributed by atoms with van der Waals surface area (Å²) in [6.07, 6.45) is 8.95. The molecule has 1 aliphatic rings. The summed E-state index contributed by atoms with van der Waals surface area (Å²) in [7, 11) is 1.79. The van der Waals surface area contributed by atoms with Crippen molar-refractivity contribution in [3.8, 4) is 0 Å². The van der Waals surface area contributed by atoms with E-state index in [2.05, 4.69) is 25.3 Å². The van der Waals surface area contributed by atoms with Gasteiger partial charge in [-0.1, -0.05) is 30.9 Å². The van der Waals surface area contributed by atoms with Crippen molar-refractivity contribution in [3.63, 3.8) is 0 Å². The van der Waals surface area contributed by atoms with Crippen molar-refractivity contribution < 1.29 is 4.74 Å². The van der Waals surface area contributed by atoms with Crippen LogP contribution in [0.1, 0.15) is 46.0 Å². The fourth-order valence-corrected chi connectivity index (χ4v) is 2.69. The Hall–Kier alpha value is -0.380. The molecule has 0 saturated heterocycles. The van der Waals surface area contributed by atoms with Crippen LogP contribution < -0.4 is 11.3 Å². The molecule has 2 atom stereocenters. The average Bonchev–Trinajstić information content (AvgIpc) is 2.29. The van der Waals surface area contributed by atoms with Crippen LogP contribution in [0, 0.1) is 5.92 Å². The summed E-state index contributed by atoms with van der Waals surface area (Å²) in [6.45, 7) is 4.19. The Kier molecular flexibility index (Phi) is 6.03. The molecule has 16 heavy (non-hydrogen) atoms. The second-order valence-electron chi connectivity index (χ2n) is 5.03. The van der Waals surface area contributed by atoms with Crippen molar-refractivity contribution in [2.75, 3.05) is 7.11 Å². The van der Waals surface area contributed by atoms with Gasteiger partial charge in [0.1, 0.15) is 0 Å². The van der Waals surface area contributed by atoms with E-state index in [9.17, 15) is 0 Å². The molecule has 94 valence electrons. The number of allylic oxidation sites excluding steroid dienone is 1. The van der Waals surface area contributed by atoms with Crippen molar-refractivity contribution in [3.05, 3.63) is 11.6 Å². The maximum Gasteiger partial charge on any atom is 0.0801 e. The van der Waals surface area contributed by atoms with Crippen LogP contribution in [0.5, 0.6) is 0 Å². The van der Waals surface area contributed by atoms with Crippen LogP contribution in [0.3, 0.4) is 0 Å². The van der Waals surface area contributed by atoms with Gasteiger partial charge in [0.05, 0.1) is 12.1 Å². The molecule has 0 amide bonds. The zero-order chi connectivity index (χ0) is 12.0. The fourth-order valence-electron chi connectivity index (χ4n) is 2.69. The minimum atomic E-state index is 0.137. The Morgan fingerprint density at radius 1 is 1.31 bits per heavy atom. The zero-order valence-corrected chi connectivity index (χ0v) is 10.8. The van der Waals surface area contributed by atoms with Gasteiger partial charge in [-0.05, 0) is 32.6 Å². The Balaban J connectivity index is 2.65. The van der Waals surface area contributed by atoms with Crippen molar-refractivity contribution in [2.24, 2.45) is 11.8 Å². The summed E-state index contributed by atoms with van der Waals surface area (Å²) in [5.74, 6) is 6.28. The predicted molar refractivity (Wildman–Crippen MR) is 67.9 cm³/mol. The first-order valence-electron chi connectivity index (χ1n) is 6.33. The number of methoxy groups -OCH3 is 1. The van der Waals surface area contributed by atoms with Crippen molar-refractivity contribution in [1.29, 1.82) is 0 Å². The minimum Gasteiger partial charge on any atom is -0.379 e. The number of nitrogens with one attached hydrogen (secondary N) is 1. The van der Waals surface area contributed by atoms with Crippen molar-refractivity contribution in [2.45, 2.75) is 58.1 Å². The van der Waals surface area contributed by atoms with E-state index in [0.717, 1.165) is 0 Å². The molecule has 0 radical (unpaired) electrons. The number of hydrogen-bond acceptors (Lipinski definition) is 3. The topological polar surface area (TPSA) is 47.3 Å². The average molecular weight is 226 g/mol. The second-order valence-corrected chi connectivity index (χ2v) is 5.03. The minimum absolute atomic E-state index is 0.137. The van der Waals surface area contributed by atoms with Crippen LogP contribution in [-0.4, -0.2) is 19.3 Å². The lowest BCUT2D eigenvalue weighted by Gasteiger charge is -2.33. The van der Waals surface area contributed by atoms with Gasteiger partial charge in [-0.15, -0.1) is 0 Å². The summed E-state index contributed by atoms with van der Waals surface area (Å²) < 4.78 is 5.66. The third-order valence-corrected chi connectivity index (χ3v) is 3.45. The summed E-state index contributed by atoms with van der Waals surface area (Å²) in [5, 5.41) is 0. The van der Waals surface area contributed by atoms with E-state index >= 15 is 0 Å². The molecule has 0 aliphatic heterocycles. The van der Waals surface area contributed by atoms with Gasteiger partial charge in [-0.3, -0.25) is 11.3 Å². The Morgan fingerprint density at radius 2 is 1.94 bits per heavy atom. The molecule has 1 rings (SSSR count). The smallest absolute Gasteiger partial charge is 0.0801 e. The van der Waals surface area contributed by atoms with Gasteiger partial charge in [0, 0.05) is 7.11 Å². The molecule has 0 aromatic heterocycles. The standard InChI is InChI=1S/C13H26N2O/c1-10(2)9-12(15-14)13(16-3)11-7-5-4-6-8-11/h9,11-13,15H,4-8,14H2,1-3H3. The fraction of sp³-hybridized carbons (Fsp3) is 0.846. The quantitative estimate of drug-likeness (QED) is 0.430. The monoisotopic (exact) mass is 226 g/mol. The van der Waals surface area contributed by atoms with Gasteiger partial charge < -0.3 is 4.74 Å². The van der Waals surface area contributed by atoms with Crippen LogP contribution in [0.4, 0.5) is 0 Å². The molecular weight excluding hydrogens is 200 g/mol. The summed E-state index contributed by atoms with van der Waals surface area (Å²) in [5.41, 5.74) is 4.16. The van der Waals surface area contributed by atoms with Gasteiger partial charge in [0.25, 0.3) is 0 Å². The number of hydrogen-bond donors (Lipinski definition) is 2. The lowest BCUT2D eigenvalue weighted by molar-refractivity contribution is 0.0195. The SMILES string of the molecule is COC(C1CCCCC1)C(C=C(C)C)NN. The van der Waals surface area contributed by atoms with Crippen molar-refractivity contribution >= 4 is 0 Å². The molecule has 1 aliphatic carbocycles. The lowest BCUT2D eigenvalue weighted by Crippen LogP contribution is -2.47. The molecule has 0 aromatic rings. The number of hydrazine groups is 1. The van der Waals surface area contributed by atoms with E-state index in [1.807, 2.05) is 0 Å². The molecule has 3 nitrogen and oxygen atoms in total. The zero-order valence-electron chi connectivity index (χ0n) is 10.8. The highest BCUT2D eigenvalue weighted by Gasteiger charge is 2.28. The Morgan fingerprint density at radius 3 is 2.38 bits per heavy atom. The predicted octanol–water partition coefficient (Wildman–Crippen LogP) is 2.38. The highest BCUT2D eigenvalue weighted by atomic mass is 16.5. The largest absolute Gasteiger partial charge is 0.379 e. The van der Waals surface area contributed by atoms with Gasteiger partial charge in [0.2, 0.25) is 0 Å². The van der Waals surface area contributed by atoms with Gasteiger partial charge in [-0.2, -0.15) is 0 Å². The number of nitrogens with two attached hydrogens (primary N) is 1. The number of ether oxygens (including phenoxy) is 1. The summed E-state index contributed by atoms with van der Waals surface area (Å²) >= 11 is 0. The van der Waals surface area contributed by atoms with E-state index in [4.69, 9.17) is 10.6 Å². The van der Waals surface area contributed by atoms with Crippen LogP contribution >= 0.6 is 0 Å². The second kappa shape index (κ2) is 7.05. The third kappa shape index (κ3) is 3.89. The van der Waals surface area contributed by atoms with Crippen LogP contribution in [0.25, 0.3) is 0 Å². The van der Waals surface area contributed by atoms with Crippen LogP contribution in [-0.2, 0) is 4.74 Å². The first-order chi connectivity index (χ1) is 7.69. The highest BCUT2D eigenvalue weighted by molar-refractivity contribution is 5.04. The summed E-state index contributed by atoms with van der Waals surface area (Å²) in [6, 6.07) is 0.137. The number of rotatable bonds is 5. The molecule has 1 fully saturated rings. The lowest BCUT2D eigenvalue weighted by atomic mass is 9.82. The first kappa shape index (κ1) is 13.7. The summed E-state index contributed by atoms with van der Waals surface area (Å²) in [4.78, 5) is 0. The molecular formula is C13H26N2O. The Labute approximate surface area is 99.4 Å². The molecule has 0 aromatic carbocycles. The van der Waals surface area contributed by atoms with E-state index in [1.165, 1.54) is 37.7 Å². The van der Waals surface area contributed by atoms with Crippen LogP contribution in [0.15, 0.2) is 11.6 Å². The highest BCUT2D eigenvalue weighted by Crippen LogP contribution is 2.29. The maximum atomic E-state index is 5.66. The van der Waals surface area contributed by atoms with Crippen LogP contribution in [0.2, 0.25) is 0 Å².